The van der Waals surface area contributed by atoms with Gasteiger partial charge in [-0.2, -0.15) is 13.2 Å². The Labute approximate surface area is 182 Å². The first-order valence-corrected chi connectivity index (χ1v) is 11.3. The molecule has 0 bridgehead atoms. The molecule has 2 aromatic carbocycles. The molecule has 0 aromatic heterocycles. The highest BCUT2D eigenvalue weighted by atomic mass is 35.5. The third kappa shape index (κ3) is 5.75. The molecule has 1 aliphatic heterocycles. The minimum atomic E-state index is -4.53. The van der Waals surface area contributed by atoms with Gasteiger partial charge in [0.2, 0.25) is 15.9 Å². The lowest BCUT2D eigenvalue weighted by Crippen LogP contribution is -2.42. The zero-order valence-electron chi connectivity index (χ0n) is 16.1. The summed E-state index contributed by atoms with van der Waals surface area (Å²) < 4.78 is 78.9. The van der Waals surface area contributed by atoms with Crippen LogP contribution >= 0.6 is 11.6 Å². The molecular weight excluding hydrogens is 460 g/mol. The maximum Gasteiger partial charge on any atom is 0.416 e. The Morgan fingerprint density at radius 3 is 2.39 bits per heavy atom. The number of anilines is 1. The summed E-state index contributed by atoms with van der Waals surface area (Å²) in [4.78, 5) is 12.4. The molecule has 11 heteroatoms. The van der Waals surface area contributed by atoms with Crippen LogP contribution in [0.2, 0.25) is 5.02 Å². The van der Waals surface area contributed by atoms with Crippen LogP contribution in [0.3, 0.4) is 0 Å². The average Bonchev–Trinajstić information content (AvgIpc) is 2.70. The first-order chi connectivity index (χ1) is 14.5. The van der Waals surface area contributed by atoms with Crippen LogP contribution in [0.15, 0.2) is 42.5 Å². The van der Waals surface area contributed by atoms with Crippen LogP contribution in [-0.2, 0) is 26.7 Å². The van der Waals surface area contributed by atoms with Gasteiger partial charge in [0.25, 0.3) is 0 Å². The first-order valence-electron chi connectivity index (χ1n) is 9.36. The number of carbonyl (C=O) groups is 1. The van der Waals surface area contributed by atoms with Crippen molar-refractivity contribution in [3.8, 4) is 0 Å². The maximum absolute atomic E-state index is 13.9. The third-order valence-electron chi connectivity index (χ3n) is 5.06. The lowest BCUT2D eigenvalue weighted by Gasteiger charge is -2.30. The van der Waals surface area contributed by atoms with E-state index in [1.807, 2.05) is 0 Å². The van der Waals surface area contributed by atoms with Crippen molar-refractivity contribution < 1.29 is 30.8 Å². The highest BCUT2D eigenvalue weighted by molar-refractivity contribution is 7.88. The van der Waals surface area contributed by atoms with Crippen molar-refractivity contribution in [1.29, 1.82) is 0 Å². The number of nitrogens with zero attached hydrogens (tertiary/aromatic N) is 1. The van der Waals surface area contributed by atoms with Gasteiger partial charge < -0.3 is 5.32 Å². The lowest BCUT2D eigenvalue weighted by molar-refractivity contribution is -0.137. The number of halogens is 5. The molecule has 3 rings (SSSR count). The highest BCUT2D eigenvalue weighted by Crippen LogP contribution is 2.31. The minimum absolute atomic E-state index is 0.0129. The minimum Gasteiger partial charge on any atom is -0.326 e. The zero-order chi connectivity index (χ0) is 22.8. The summed E-state index contributed by atoms with van der Waals surface area (Å²) in [6, 6.07) is 8.20. The number of rotatable bonds is 5. The number of piperidine rings is 1. The normalized spacial score (nSPS) is 16.3. The predicted octanol–water partition coefficient (Wildman–Crippen LogP) is 4.68. The fraction of sp³-hybridized carbons (Fsp3) is 0.350. The van der Waals surface area contributed by atoms with E-state index in [0.717, 1.165) is 18.2 Å². The molecular formula is C20H19ClF4N2O3S. The van der Waals surface area contributed by atoms with Gasteiger partial charge in [-0.3, -0.25) is 4.79 Å². The van der Waals surface area contributed by atoms with E-state index in [2.05, 4.69) is 5.32 Å². The van der Waals surface area contributed by atoms with Crippen molar-refractivity contribution in [3.63, 3.8) is 0 Å². The lowest BCUT2D eigenvalue weighted by atomic mass is 9.97. The Balaban J connectivity index is 1.61. The van der Waals surface area contributed by atoms with Gasteiger partial charge in [-0.05, 0) is 43.2 Å². The number of hydrogen-bond donors (Lipinski definition) is 1. The van der Waals surface area contributed by atoms with Crippen LogP contribution < -0.4 is 5.32 Å². The molecule has 0 aliphatic carbocycles. The van der Waals surface area contributed by atoms with Gasteiger partial charge in [-0.15, -0.1) is 0 Å². The second kappa shape index (κ2) is 9.13. The smallest absolute Gasteiger partial charge is 0.326 e. The zero-order valence-corrected chi connectivity index (χ0v) is 17.7. The van der Waals surface area contributed by atoms with E-state index in [9.17, 15) is 30.8 Å². The van der Waals surface area contributed by atoms with Gasteiger partial charge in [0.15, 0.2) is 0 Å². The molecule has 31 heavy (non-hydrogen) atoms. The number of hydrogen-bond acceptors (Lipinski definition) is 3. The van der Waals surface area contributed by atoms with Gasteiger partial charge in [0, 0.05) is 35.3 Å². The van der Waals surface area contributed by atoms with Crippen LogP contribution in [0.1, 0.15) is 24.0 Å². The van der Waals surface area contributed by atoms with E-state index in [1.54, 1.807) is 0 Å². The van der Waals surface area contributed by atoms with Crippen molar-refractivity contribution in [1.82, 2.24) is 4.31 Å². The van der Waals surface area contributed by atoms with Gasteiger partial charge in [0.1, 0.15) is 5.82 Å². The number of alkyl halides is 3. The van der Waals surface area contributed by atoms with E-state index in [1.165, 1.54) is 28.6 Å². The summed E-state index contributed by atoms with van der Waals surface area (Å²) in [6.45, 7) is 0.0736. The summed E-state index contributed by atoms with van der Waals surface area (Å²) in [5, 5.41) is 2.47. The molecule has 2 aromatic rings. The van der Waals surface area contributed by atoms with Gasteiger partial charge in [-0.25, -0.2) is 17.1 Å². The van der Waals surface area contributed by atoms with Crippen molar-refractivity contribution in [2.24, 2.45) is 5.92 Å². The molecule has 168 valence electrons. The predicted molar refractivity (Wildman–Crippen MR) is 108 cm³/mol. The van der Waals surface area contributed by atoms with Crippen molar-refractivity contribution in [2.75, 3.05) is 18.4 Å². The summed E-state index contributed by atoms with van der Waals surface area (Å²) in [6.07, 6.45) is -4.15. The van der Waals surface area contributed by atoms with E-state index < -0.39 is 45.2 Å². The van der Waals surface area contributed by atoms with Gasteiger partial charge in [0.05, 0.1) is 11.3 Å². The molecule has 1 amide bonds. The molecule has 0 saturated carbocycles. The van der Waals surface area contributed by atoms with Crippen LogP contribution in [0, 0.1) is 11.7 Å². The topological polar surface area (TPSA) is 66.5 Å². The fourth-order valence-corrected chi connectivity index (χ4v) is 5.27. The molecule has 1 N–H and O–H groups in total. The number of amides is 1. The van der Waals surface area contributed by atoms with Crippen molar-refractivity contribution >= 4 is 33.2 Å². The van der Waals surface area contributed by atoms with E-state index >= 15 is 0 Å². The summed E-state index contributed by atoms with van der Waals surface area (Å²) in [7, 11) is -3.86. The molecule has 0 atom stereocenters. The molecule has 1 aliphatic rings. The molecule has 1 saturated heterocycles. The van der Waals surface area contributed by atoms with E-state index in [4.69, 9.17) is 11.6 Å². The summed E-state index contributed by atoms with van der Waals surface area (Å²) in [5.74, 6) is -2.35. The number of nitrogens with one attached hydrogen (secondary N) is 1. The molecule has 0 unspecified atom stereocenters. The largest absolute Gasteiger partial charge is 0.416 e. The number of carbonyl (C=O) groups excluding carboxylic acids is 1. The van der Waals surface area contributed by atoms with Crippen LogP contribution in [0.25, 0.3) is 0 Å². The quantitative estimate of drug-likeness (QED) is 0.635. The van der Waals surface area contributed by atoms with E-state index in [0.29, 0.717) is 0 Å². The Morgan fingerprint density at radius 1 is 1.13 bits per heavy atom. The van der Waals surface area contributed by atoms with Crippen molar-refractivity contribution in [2.45, 2.75) is 24.8 Å². The highest BCUT2D eigenvalue weighted by Gasteiger charge is 2.33. The summed E-state index contributed by atoms with van der Waals surface area (Å²) >= 11 is 5.91. The standard InChI is InChI=1S/C20H19ClF4N2O3S/c21-17-5-2-6-18(22)16(17)12-31(29,30)27-9-7-13(8-10-27)19(28)26-15-4-1-3-14(11-15)20(23,24)25/h1-6,11,13H,7-10,12H2,(H,26,28). The summed E-state index contributed by atoms with van der Waals surface area (Å²) in [5.41, 5.74) is -0.976. The average molecular weight is 479 g/mol. The van der Waals surface area contributed by atoms with Crippen LogP contribution in [0.5, 0.6) is 0 Å². The third-order valence-corrected chi connectivity index (χ3v) is 7.22. The molecule has 1 fully saturated rings. The van der Waals surface area contributed by atoms with Crippen LogP contribution in [0.4, 0.5) is 23.2 Å². The van der Waals surface area contributed by atoms with Crippen molar-refractivity contribution in [3.05, 3.63) is 64.4 Å². The second-order valence-corrected chi connectivity index (χ2v) is 9.57. The number of sulfonamides is 1. The maximum atomic E-state index is 13.9. The molecule has 5 nitrogen and oxygen atoms in total. The first kappa shape index (κ1) is 23.5. The Bertz CT molecular complexity index is 1050. The molecule has 0 spiro atoms. The Morgan fingerprint density at radius 2 is 1.77 bits per heavy atom. The molecule has 1 heterocycles. The monoisotopic (exact) mass is 478 g/mol. The SMILES string of the molecule is O=C(Nc1cccc(C(F)(F)F)c1)C1CCN(S(=O)(=O)Cc2c(F)cccc2Cl)CC1. The van der Waals surface area contributed by atoms with Crippen LogP contribution in [-0.4, -0.2) is 31.7 Å². The van der Waals surface area contributed by atoms with Gasteiger partial charge >= 0.3 is 6.18 Å². The fourth-order valence-electron chi connectivity index (χ4n) is 3.36. The molecule has 0 radical (unpaired) electrons. The van der Waals surface area contributed by atoms with Gasteiger partial charge in [-0.1, -0.05) is 23.7 Å². The van der Waals surface area contributed by atoms with E-state index in [-0.39, 0.29) is 42.2 Å². The number of benzene rings is 2. The second-order valence-electron chi connectivity index (χ2n) is 7.20. The Hall–Kier alpha value is -2.17. The Kier molecular flexibility index (Phi) is 6.92.